The zero-order valence-corrected chi connectivity index (χ0v) is 21.1. The molecule has 6 nitrogen and oxygen atoms in total. The second kappa shape index (κ2) is 13.6. The minimum atomic E-state index is -0.282. The van der Waals surface area contributed by atoms with E-state index in [9.17, 15) is 9.18 Å². The van der Waals surface area contributed by atoms with E-state index in [0.29, 0.717) is 24.6 Å². The highest BCUT2D eigenvalue weighted by Gasteiger charge is 2.15. The molecule has 3 aromatic rings. The Labute approximate surface area is 217 Å². The third-order valence-corrected chi connectivity index (χ3v) is 6.32. The van der Waals surface area contributed by atoms with E-state index in [1.54, 1.807) is 12.1 Å². The normalized spacial score (nSPS) is 14.3. The summed E-state index contributed by atoms with van der Waals surface area (Å²) in [5.74, 6) is 0.747. The Morgan fingerprint density at radius 3 is 2.49 bits per heavy atom. The lowest BCUT2D eigenvalue weighted by Crippen LogP contribution is -2.35. The Morgan fingerprint density at radius 2 is 1.76 bits per heavy atom. The predicted molar refractivity (Wildman–Crippen MR) is 141 cm³/mol. The van der Waals surface area contributed by atoms with Crippen LogP contribution in [0.5, 0.6) is 5.75 Å². The van der Waals surface area contributed by atoms with Gasteiger partial charge < -0.3 is 19.6 Å². The van der Waals surface area contributed by atoms with Crippen molar-refractivity contribution in [3.63, 3.8) is 0 Å². The number of nitrogens with zero attached hydrogens (tertiary/aromatic N) is 1. The number of hydrogen-bond acceptors (Lipinski definition) is 5. The van der Waals surface area contributed by atoms with Crippen molar-refractivity contribution >= 4 is 11.6 Å². The summed E-state index contributed by atoms with van der Waals surface area (Å²) in [6.45, 7) is 4.38. The van der Waals surface area contributed by atoms with E-state index >= 15 is 0 Å². The summed E-state index contributed by atoms with van der Waals surface area (Å²) in [5.41, 5.74) is 4.56. The molecule has 1 heterocycles. The van der Waals surface area contributed by atoms with E-state index in [-0.39, 0.29) is 24.9 Å². The van der Waals surface area contributed by atoms with Gasteiger partial charge in [0, 0.05) is 26.2 Å². The minimum Gasteiger partial charge on any atom is -0.484 e. The lowest BCUT2D eigenvalue weighted by atomic mass is 10.0. The number of oxime groups is 1. The number of rotatable bonds is 11. The zero-order valence-electron chi connectivity index (χ0n) is 21.1. The maximum atomic E-state index is 13.2. The Morgan fingerprint density at radius 1 is 1.03 bits per heavy atom. The van der Waals surface area contributed by atoms with E-state index in [1.807, 2.05) is 55.5 Å². The van der Waals surface area contributed by atoms with Crippen LogP contribution in [0.1, 0.15) is 35.1 Å². The van der Waals surface area contributed by atoms with Gasteiger partial charge in [-0.1, -0.05) is 59.8 Å². The van der Waals surface area contributed by atoms with Crippen molar-refractivity contribution in [2.75, 3.05) is 26.4 Å². The van der Waals surface area contributed by atoms with Crippen LogP contribution in [0.3, 0.4) is 0 Å². The Kier molecular flexibility index (Phi) is 9.66. The summed E-state index contributed by atoms with van der Waals surface area (Å²) in [4.78, 5) is 17.9. The summed E-state index contributed by atoms with van der Waals surface area (Å²) in [6, 6.07) is 21.9. The molecule has 0 unspecified atom stereocenters. The number of ether oxygens (including phenoxy) is 2. The molecule has 1 aliphatic rings. The van der Waals surface area contributed by atoms with Crippen LogP contribution in [-0.2, 0) is 27.4 Å². The molecule has 1 aliphatic heterocycles. The van der Waals surface area contributed by atoms with Crippen molar-refractivity contribution in [3.05, 3.63) is 101 Å². The minimum absolute atomic E-state index is 0.0165. The molecule has 1 saturated heterocycles. The van der Waals surface area contributed by atoms with Gasteiger partial charge in [-0.25, -0.2) is 4.39 Å². The van der Waals surface area contributed by atoms with Crippen molar-refractivity contribution in [1.29, 1.82) is 0 Å². The van der Waals surface area contributed by atoms with Crippen LogP contribution in [0.15, 0.2) is 78.0 Å². The number of benzene rings is 3. The summed E-state index contributed by atoms with van der Waals surface area (Å²) < 4.78 is 24.3. The Bertz CT molecular complexity index is 1180. The first kappa shape index (κ1) is 26.4. The molecule has 3 aromatic carbocycles. The molecule has 0 bridgehead atoms. The highest BCUT2D eigenvalue weighted by molar-refractivity contribution is 6.01. The Hall–Kier alpha value is -3.71. The first-order valence-electron chi connectivity index (χ1n) is 12.6. The second-order valence-electron chi connectivity index (χ2n) is 9.23. The van der Waals surface area contributed by atoms with E-state index in [4.69, 9.17) is 14.3 Å². The lowest BCUT2D eigenvalue weighted by Gasteiger charge is -2.22. The van der Waals surface area contributed by atoms with Crippen molar-refractivity contribution in [1.82, 2.24) is 5.32 Å². The number of amides is 1. The molecule has 7 heteroatoms. The second-order valence-corrected chi connectivity index (χ2v) is 9.23. The smallest absolute Gasteiger partial charge is 0.257 e. The molecule has 0 atom stereocenters. The van der Waals surface area contributed by atoms with Crippen LogP contribution in [-0.4, -0.2) is 38.0 Å². The van der Waals surface area contributed by atoms with Crippen LogP contribution in [0, 0.1) is 18.7 Å². The van der Waals surface area contributed by atoms with Gasteiger partial charge in [0.15, 0.2) is 6.61 Å². The van der Waals surface area contributed by atoms with Crippen molar-refractivity contribution in [2.45, 2.75) is 32.8 Å². The lowest BCUT2D eigenvalue weighted by molar-refractivity contribution is -0.123. The molecule has 1 N–H and O–H groups in total. The van der Waals surface area contributed by atoms with Crippen molar-refractivity contribution < 1.29 is 23.5 Å². The predicted octanol–water partition coefficient (Wildman–Crippen LogP) is 5.22. The summed E-state index contributed by atoms with van der Waals surface area (Å²) in [5, 5.41) is 7.37. The first-order chi connectivity index (χ1) is 18.1. The number of hydrogen-bond donors (Lipinski definition) is 1. The van der Waals surface area contributed by atoms with E-state index < -0.39 is 0 Å². The molecule has 0 spiro atoms. The summed E-state index contributed by atoms with van der Waals surface area (Å²) >= 11 is 0. The van der Waals surface area contributed by atoms with Crippen LogP contribution < -0.4 is 10.1 Å². The highest BCUT2D eigenvalue weighted by Crippen LogP contribution is 2.21. The average Bonchev–Trinajstić information content (AvgIpc) is 2.93. The molecule has 4 rings (SSSR count). The third-order valence-electron chi connectivity index (χ3n) is 6.32. The molecule has 0 radical (unpaired) electrons. The van der Waals surface area contributed by atoms with Gasteiger partial charge in [-0.2, -0.15) is 0 Å². The van der Waals surface area contributed by atoms with Crippen LogP contribution in [0.25, 0.3) is 0 Å². The topological polar surface area (TPSA) is 69.2 Å². The number of aryl methyl sites for hydroxylation is 1. The van der Waals surface area contributed by atoms with Gasteiger partial charge in [0.1, 0.15) is 18.2 Å². The highest BCUT2D eigenvalue weighted by atomic mass is 19.1. The fraction of sp³-hybridized carbons (Fsp3) is 0.333. The maximum Gasteiger partial charge on any atom is 0.257 e. The number of nitrogens with one attached hydrogen (secondary N) is 1. The quantitative estimate of drug-likeness (QED) is 0.287. The van der Waals surface area contributed by atoms with Gasteiger partial charge in [-0.15, -0.1) is 0 Å². The third kappa shape index (κ3) is 8.43. The molecule has 0 aliphatic carbocycles. The Balaban J connectivity index is 1.34. The van der Waals surface area contributed by atoms with E-state index in [2.05, 4.69) is 10.5 Å². The number of carbonyl (C=O) groups is 1. The van der Waals surface area contributed by atoms with Gasteiger partial charge in [0.05, 0.1) is 5.71 Å². The van der Waals surface area contributed by atoms with Gasteiger partial charge in [0.25, 0.3) is 5.91 Å². The zero-order chi connectivity index (χ0) is 25.9. The van der Waals surface area contributed by atoms with Gasteiger partial charge in [0.2, 0.25) is 0 Å². The van der Waals surface area contributed by atoms with Crippen LogP contribution in [0.2, 0.25) is 0 Å². The standard InChI is InChI=1S/C30H33FN2O4/c1-22-17-25(9-12-29(22)36-21-30(34)32-19-23-13-15-35-16-14-23)18-28(26-5-3-2-4-6-26)33-37-20-24-7-10-27(31)11-8-24/h2-12,17,23H,13-16,18-21H2,1H3,(H,32,34). The SMILES string of the molecule is Cc1cc(CC(=NOCc2ccc(F)cc2)c2ccccc2)ccc1OCC(=O)NCC1CCOCC1. The summed E-state index contributed by atoms with van der Waals surface area (Å²) in [6.07, 6.45) is 2.51. The van der Waals surface area contributed by atoms with E-state index in [1.165, 1.54) is 12.1 Å². The van der Waals surface area contributed by atoms with Gasteiger partial charge >= 0.3 is 0 Å². The fourth-order valence-corrected chi connectivity index (χ4v) is 4.16. The molecule has 37 heavy (non-hydrogen) atoms. The number of halogens is 1. The maximum absolute atomic E-state index is 13.2. The molecule has 0 saturated carbocycles. The summed E-state index contributed by atoms with van der Waals surface area (Å²) in [7, 11) is 0. The van der Waals surface area contributed by atoms with E-state index in [0.717, 1.165) is 54.0 Å². The van der Waals surface area contributed by atoms with Gasteiger partial charge in [-0.3, -0.25) is 4.79 Å². The fourth-order valence-electron chi connectivity index (χ4n) is 4.16. The van der Waals surface area contributed by atoms with Crippen molar-refractivity contribution in [2.24, 2.45) is 11.1 Å². The molecular formula is C30H33FN2O4. The van der Waals surface area contributed by atoms with Crippen molar-refractivity contribution in [3.8, 4) is 5.75 Å². The molecular weight excluding hydrogens is 471 g/mol. The molecule has 194 valence electrons. The molecule has 0 aromatic heterocycles. The van der Waals surface area contributed by atoms with Crippen LogP contribution in [0.4, 0.5) is 4.39 Å². The van der Waals surface area contributed by atoms with Gasteiger partial charge in [-0.05, 0) is 66.1 Å². The largest absolute Gasteiger partial charge is 0.484 e. The number of carbonyl (C=O) groups excluding carboxylic acids is 1. The molecule has 1 amide bonds. The first-order valence-corrected chi connectivity index (χ1v) is 12.6. The molecule has 1 fully saturated rings. The average molecular weight is 505 g/mol. The monoisotopic (exact) mass is 504 g/mol. The van der Waals surface area contributed by atoms with Crippen LogP contribution >= 0.6 is 0 Å².